The van der Waals surface area contributed by atoms with Gasteiger partial charge in [0.1, 0.15) is 40.5 Å². The number of allylic oxidation sites excluding steroid dienone is 2. The summed E-state index contributed by atoms with van der Waals surface area (Å²) < 4.78 is 24.0. The number of nitrogens with zero attached hydrogens (tertiary/aromatic N) is 9. The smallest absolute Gasteiger partial charge is 0.276 e. The monoisotopic (exact) mass is 859 g/mol. The van der Waals surface area contributed by atoms with E-state index in [4.69, 9.17) is 35.6 Å². The molecule has 0 spiro atoms. The van der Waals surface area contributed by atoms with E-state index in [1.807, 2.05) is 26.0 Å². The minimum atomic E-state index is -0.689. The summed E-state index contributed by atoms with van der Waals surface area (Å²) in [6.07, 6.45) is 3.67. The summed E-state index contributed by atoms with van der Waals surface area (Å²) in [5.41, 5.74) is 15.4. The lowest BCUT2D eigenvalue weighted by Gasteiger charge is -2.24. The second-order valence-electron chi connectivity index (χ2n) is 14.6. The number of hydrogen-bond acceptors (Lipinski definition) is 12. The summed E-state index contributed by atoms with van der Waals surface area (Å²) in [6.45, 7) is 12.0. The maximum Gasteiger partial charge on any atom is 0.276 e. The SMILES string of the molecule is CCn1nc(C)cc1C(=O)Nc1nc2cc(C(N)=O)cc(OC)c2n1C/C=C/Cn1c(NC(=O)c2cc(C)nn2CC)nc2cc(C(N)=O)cc(OCC#CCN3CCOCC3)c21. The Kier molecular flexibility index (Phi) is 13.2. The van der Waals surface area contributed by atoms with Crippen LogP contribution in [0.3, 0.4) is 0 Å². The molecule has 4 aromatic heterocycles. The number of aromatic nitrogens is 8. The molecular formula is C43H49N13O7. The van der Waals surface area contributed by atoms with Gasteiger partial charge in [0.05, 0.1) is 49.3 Å². The van der Waals surface area contributed by atoms with Gasteiger partial charge in [-0.05, 0) is 64.1 Å². The Morgan fingerprint density at radius 2 is 1.24 bits per heavy atom. The fraction of sp³-hybridized carbons (Fsp3) is 0.349. The maximum atomic E-state index is 13.8. The zero-order valence-electron chi connectivity index (χ0n) is 35.7. The highest BCUT2D eigenvalue weighted by Crippen LogP contribution is 2.33. The zero-order chi connectivity index (χ0) is 44.8. The highest BCUT2D eigenvalue weighted by molar-refractivity contribution is 6.05. The summed E-state index contributed by atoms with van der Waals surface area (Å²) in [4.78, 5) is 63.9. The van der Waals surface area contributed by atoms with E-state index in [1.54, 1.807) is 44.5 Å². The van der Waals surface area contributed by atoms with E-state index in [0.717, 1.165) is 13.1 Å². The van der Waals surface area contributed by atoms with Crippen molar-refractivity contribution in [2.75, 3.05) is 57.2 Å². The van der Waals surface area contributed by atoms with Crippen LogP contribution in [-0.2, 0) is 30.9 Å². The van der Waals surface area contributed by atoms with Gasteiger partial charge in [-0.2, -0.15) is 10.2 Å². The molecule has 0 aliphatic carbocycles. The molecule has 63 heavy (non-hydrogen) atoms. The number of methoxy groups -OCH3 is 1. The molecule has 20 heteroatoms. The summed E-state index contributed by atoms with van der Waals surface area (Å²) in [5, 5.41) is 14.7. The van der Waals surface area contributed by atoms with Gasteiger partial charge in [-0.3, -0.25) is 44.1 Å². The number of morpholine rings is 1. The van der Waals surface area contributed by atoms with Crippen molar-refractivity contribution in [3.63, 3.8) is 0 Å². The van der Waals surface area contributed by atoms with E-state index in [1.165, 1.54) is 31.4 Å². The first-order valence-electron chi connectivity index (χ1n) is 20.4. The first kappa shape index (κ1) is 43.6. The Morgan fingerprint density at radius 3 is 1.71 bits per heavy atom. The molecule has 6 aromatic rings. The molecule has 20 nitrogen and oxygen atoms in total. The first-order valence-corrected chi connectivity index (χ1v) is 20.4. The van der Waals surface area contributed by atoms with Crippen molar-refractivity contribution in [2.24, 2.45) is 11.5 Å². The topological polar surface area (TPSA) is 247 Å². The van der Waals surface area contributed by atoms with Crippen LogP contribution in [0.4, 0.5) is 11.9 Å². The van der Waals surface area contributed by atoms with Gasteiger partial charge in [0.25, 0.3) is 11.8 Å². The van der Waals surface area contributed by atoms with E-state index in [0.29, 0.717) is 83.4 Å². The van der Waals surface area contributed by atoms with Crippen LogP contribution >= 0.6 is 0 Å². The molecule has 7 rings (SSSR count). The molecule has 328 valence electrons. The number of amides is 4. The molecule has 1 saturated heterocycles. The van der Waals surface area contributed by atoms with Crippen LogP contribution in [0.5, 0.6) is 11.5 Å². The molecule has 2 aromatic carbocycles. The van der Waals surface area contributed by atoms with Gasteiger partial charge in [-0.25, -0.2) is 9.97 Å². The number of nitrogens with one attached hydrogen (secondary N) is 2. The molecule has 0 unspecified atom stereocenters. The average molecular weight is 860 g/mol. The van der Waals surface area contributed by atoms with Gasteiger partial charge < -0.3 is 34.8 Å². The number of benzene rings is 2. The highest BCUT2D eigenvalue weighted by atomic mass is 16.5. The van der Waals surface area contributed by atoms with Crippen molar-refractivity contribution in [1.29, 1.82) is 0 Å². The predicted molar refractivity (Wildman–Crippen MR) is 234 cm³/mol. The van der Waals surface area contributed by atoms with Crippen LogP contribution in [0.2, 0.25) is 0 Å². The lowest BCUT2D eigenvalue weighted by Crippen LogP contribution is -2.36. The Hall–Kier alpha value is -7.50. The third-order valence-corrected chi connectivity index (χ3v) is 10.3. The molecule has 0 radical (unpaired) electrons. The number of fused-ring (bicyclic) bond motifs is 2. The van der Waals surface area contributed by atoms with Gasteiger partial charge in [-0.15, -0.1) is 0 Å². The standard InChI is InChI=1S/C43H49N13O7/c1-6-55-32(20-26(3)50-55)40(59)48-42-46-30-22-28(38(44)57)24-34(61-5)36(30)53(42)13-8-9-14-54-37-31(47-43(54)49-41(60)33-21-27(4)51-56(33)7-2)23-29(39(45)58)25-35(37)63-17-11-10-12-52-15-18-62-19-16-52/h8-9,20-25H,6-7,12-19H2,1-5H3,(H2,44,57)(H2,45,58)(H,46,48,59)(H,47,49,60)/b9-8+. The number of carbonyl (C=O) groups excluding carboxylic acids is 4. The van der Waals surface area contributed by atoms with E-state index in [2.05, 4.69) is 37.6 Å². The van der Waals surface area contributed by atoms with E-state index in [9.17, 15) is 19.2 Å². The summed E-state index contributed by atoms with van der Waals surface area (Å²) in [5.74, 6) is 4.87. The lowest BCUT2D eigenvalue weighted by molar-refractivity contribution is 0.0443. The van der Waals surface area contributed by atoms with Gasteiger partial charge in [0.2, 0.25) is 23.7 Å². The van der Waals surface area contributed by atoms with Gasteiger partial charge >= 0.3 is 0 Å². The normalized spacial score (nSPS) is 13.0. The van der Waals surface area contributed by atoms with Crippen LogP contribution in [0.1, 0.15) is 66.9 Å². The maximum absolute atomic E-state index is 13.8. The largest absolute Gasteiger partial charge is 0.494 e. The average Bonchev–Trinajstić information content (AvgIpc) is 4.04. The van der Waals surface area contributed by atoms with Crippen molar-refractivity contribution in [3.05, 3.63) is 82.5 Å². The Morgan fingerprint density at radius 1 is 0.746 bits per heavy atom. The van der Waals surface area contributed by atoms with Crippen LogP contribution in [0.15, 0.2) is 48.6 Å². The minimum absolute atomic E-state index is 0.000553. The van der Waals surface area contributed by atoms with Crippen LogP contribution in [0.25, 0.3) is 22.1 Å². The van der Waals surface area contributed by atoms with Crippen molar-refractivity contribution < 1.29 is 33.4 Å². The van der Waals surface area contributed by atoms with Gasteiger partial charge in [-0.1, -0.05) is 24.0 Å². The molecule has 5 heterocycles. The number of hydrogen-bond donors (Lipinski definition) is 4. The number of ether oxygens (including phenoxy) is 3. The number of carbonyl (C=O) groups is 4. The number of anilines is 2. The molecule has 0 bridgehead atoms. The van der Waals surface area contributed by atoms with E-state index >= 15 is 0 Å². The van der Waals surface area contributed by atoms with Crippen molar-refractivity contribution >= 4 is 57.6 Å². The second kappa shape index (κ2) is 19.0. The van der Waals surface area contributed by atoms with Crippen LogP contribution < -0.4 is 31.6 Å². The van der Waals surface area contributed by atoms with Crippen LogP contribution in [-0.4, -0.2) is 114 Å². The molecule has 1 aliphatic rings. The second-order valence-corrected chi connectivity index (χ2v) is 14.6. The predicted octanol–water partition coefficient (Wildman–Crippen LogP) is 3.12. The number of aryl methyl sites for hydroxylation is 4. The first-order chi connectivity index (χ1) is 30.4. The number of rotatable bonds is 16. The van der Waals surface area contributed by atoms with Crippen molar-refractivity contribution in [3.8, 4) is 23.3 Å². The molecule has 4 amide bonds. The highest BCUT2D eigenvalue weighted by Gasteiger charge is 2.24. The summed E-state index contributed by atoms with van der Waals surface area (Å²) >= 11 is 0. The third-order valence-electron chi connectivity index (χ3n) is 10.3. The van der Waals surface area contributed by atoms with E-state index in [-0.39, 0.29) is 48.5 Å². The number of imidazole rings is 2. The molecule has 1 fully saturated rings. The zero-order valence-corrected chi connectivity index (χ0v) is 35.7. The van der Waals surface area contributed by atoms with Gasteiger partial charge in [0.15, 0.2) is 0 Å². The van der Waals surface area contributed by atoms with Crippen molar-refractivity contribution in [1.82, 2.24) is 43.6 Å². The van der Waals surface area contributed by atoms with E-state index < -0.39 is 23.6 Å². The molecule has 0 saturated carbocycles. The number of nitrogens with two attached hydrogens (primary N) is 2. The summed E-state index contributed by atoms with van der Waals surface area (Å²) in [7, 11) is 1.46. The summed E-state index contributed by atoms with van der Waals surface area (Å²) in [6, 6.07) is 9.48. The Labute approximate surface area is 362 Å². The number of primary amides is 2. The van der Waals surface area contributed by atoms with Crippen molar-refractivity contribution in [2.45, 2.75) is 53.9 Å². The third kappa shape index (κ3) is 9.54. The fourth-order valence-electron chi connectivity index (χ4n) is 7.28. The Bertz CT molecular complexity index is 2810. The Balaban J connectivity index is 1.26. The fourth-order valence-corrected chi connectivity index (χ4v) is 7.28. The molecule has 1 aliphatic heterocycles. The molecule has 6 N–H and O–H groups in total. The minimum Gasteiger partial charge on any atom is -0.494 e. The molecular weight excluding hydrogens is 811 g/mol. The molecule has 0 atom stereocenters. The van der Waals surface area contributed by atoms with Crippen LogP contribution in [0, 0.1) is 25.7 Å². The van der Waals surface area contributed by atoms with Gasteiger partial charge in [0, 0.05) is 50.4 Å². The quantitative estimate of drug-likeness (QED) is 0.0810. The lowest BCUT2D eigenvalue weighted by atomic mass is 10.1.